The Kier molecular flexibility index (Phi) is 5.93. The molecule has 100 valence electrons. The predicted molar refractivity (Wildman–Crippen MR) is 73.5 cm³/mol. The van der Waals surface area contributed by atoms with Crippen LogP contribution in [0.2, 0.25) is 0 Å². The summed E-state index contributed by atoms with van der Waals surface area (Å²) in [4.78, 5) is 10.6. The lowest BCUT2D eigenvalue weighted by Gasteiger charge is -2.09. The van der Waals surface area contributed by atoms with E-state index in [0.717, 1.165) is 19.4 Å². The molecule has 0 saturated heterocycles. The van der Waals surface area contributed by atoms with Gasteiger partial charge in [0.25, 0.3) is 0 Å². The maximum Gasteiger partial charge on any atom is 0.316 e. The molecule has 0 radical (unpaired) electrons. The number of nitrogens with two attached hydrogens (primary N) is 1. The van der Waals surface area contributed by atoms with E-state index in [9.17, 15) is 10.1 Å². The van der Waals surface area contributed by atoms with Crippen molar-refractivity contribution < 1.29 is 4.92 Å². The van der Waals surface area contributed by atoms with E-state index >= 15 is 0 Å². The standard InChI is InChI=1S/C12H20N4O2/c1-2-3-4-5-9-14-10-7-6-8-11(15-13)12(10)16(17)18/h6-8,14-15H,2-5,9,13H2,1H3. The molecule has 6 heteroatoms. The van der Waals surface area contributed by atoms with E-state index in [1.54, 1.807) is 18.2 Å². The molecule has 1 aromatic carbocycles. The van der Waals surface area contributed by atoms with Crippen molar-refractivity contribution in [2.45, 2.75) is 32.6 Å². The first kappa shape index (κ1) is 14.2. The largest absolute Gasteiger partial charge is 0.379 e. The number of nitro benzene ring substituents is 1. The van der Waals surface area contributed by atoms with Crippen LogP contribution in [0.4, 0.5) is 17.1 Å². The second kappa shape index (κ2) is 7.50. The number of rotatable bonds is 8. The van der Waals surface area contributed by atoms with Crippen LogP contribution >= 0.6 is 0 Å². The third kappa shape index (κ3) is 3.89. The molecule has 0 saturated carbocycles. The molecule has 0 heterocycles. The molecule has 0 aliphatic rings. The molecule has 0 fully saturated rings. The second-order valence-electron chi connectivity index (χ2n) is 4.09. The van der Waals surface area contributed by atoms with E-state index in [0.29, 0.717) is 11.4 Å². The highest BCUT2D eigenvalue weighted by Crippen LogP contribution is 2.32. The topological polar surface area (TPSA) is 93.2 Å². The van der Waals surface area contributed by atoms with Crippen molar-refractivity contribution in [2.75, 3.05) is 17.3 Å². The molecule has 0 amide bonds. The van der Waals surface area contributed by atoms with E-state index in [2.05, 4.69) is 17.7 Å². The molecular formula is C12H20N4O2. The summed E-state index contributed by atoms with van der Waals surface area (Å²) < 4.78 is 0. The number of nitrogens with zero attached hydrogens (tertiary/aromatic N) is 1. The van der Waals surface area contributed by atoms with Crippen LogP contribution in [0.25, 0.3) is 0 Å². The summed E-state index contributed by atoms with van der Waals surface area (Å²) in [5.41, 5.74) is 3.17. The zero-order valence-corrected chi connectivity index (χ0v) is 10.6. The summed E-state index contributed by atoms with van der Waals surface area (Å²) in [5.74, 6) is 5.27. The number of nitrogens with one attached hydrogen (secondary N) is 2. The fraction of sp³-hybridized carbons (Fsp3) is 0.500. The number of hydrogen-bond donors (Lipinski definition) is 3. The van der Waals surface area contributed by atoms with Crippen LogP contribution in [0.1, 0.15) is 32.6 Å². The van der Waals surface area contributed by atoms with Crippen molar-refractivity contribution in [1.29, 1.82) is 0 Å². The highest BCUT2D eigenvalue weighted by Gasteiger charge is 2.18. The summed E-state index contributed by atoms with van der Waals surface area (Å²) in [7, 11) is 0. The van der Waals surface area contributed by atoms with Gasteiger partial charge in [-0.25, -0.2) is 0 Å². The molecule has 18 heavy (non-hydrogen) atoms. The van der Waals surface area contributed by atoms with Crippen LogP contribution in [-0.2, 0) is 0 Å². The molecular weight excluding hydrogens is 232 g/mol. The lowest BCUT2D eigenvalue weighted by Crippen LogP contribution is -2.11. The Morgan fingerprint density at radius 2 is 2.00 bits per heavy atom. The fourth-order valence-electron chi connectivity index (χ4n) is 1.77. The van der Waals surface area contributed by atoms with Crippen LogP contribution < -0.4 is 16.6 Å². The number of para-hydroxylation sites is 1. The van der Waals surface area contributed by atoms with Gasteiger partial charge in [0.05, 0.1) is 4.92 Å². The van der Waals surface area contributed by atoms with Crippen LogP contribution in [0.5, 0.6) is 0 Å². The number of hydrogen-bond acceptors (Lipinski definition) is 5. The smallest absolute Gasteiger partial charge is 0.316 e. The van der Waals surface area contributed by atoms with Gasteiger partial charge in [-0.1, -0.05) is 32.3 Å². The van der Waals surface area contributed by atoms with E-state index in [1.165, 1.54) is 12.8 Å². The molecule has 1 aromatic rings. The summed E-state index contributed by atoms with van der Waals surface area (Å²) >= 11 is 0. The Bertz CT molecular complexity index is 396. The summed E-state index contributed by atoms with van der Waals surface area (Å²) in [6.07, 6.45) is 4.50. The number of nitrogen functional groups attached to an aromatic ring is 1. The zero-order chi connectivity index (χ0) is 13.4. The van der Waals surface area contributed by atoms with Crippen molar-refractivity contribution >= 4 is 17.1 Å². The van der Waals surface area contributed by atoms with Gasteiger partial charge in [0.15, 0.2) is 0 Å². The van der Waals surface area contributed by atoms with Gasteiger partial charge < -0.3 is 10.7 Å². The summed E-state index contributed by atoms with van der Waals surface area (Å²) in [6, 6.07) is 5.01. The molecule has 0 spiro atoms. The van der Waals surface area contributed by atoms with Gasteiger partial charge in [-0.2, -0.15) is 0 Å². The molecule has 6 nitrogen and oxygen atoms in total. The SMILES string of the molecule is CCCCCCNc1cccc(NN)c1[N+](=O)[O-]. The van der Waals surface area contributed by atoms with Crippen molar-refractivity contribution in [3.05, 3.63) is 28.3 Å². The van der Waals surface area contributed by atoms with Crippen molar-refractivity contribution in [2.24, 2.45) is 5.84 Å². The first-order valence-electron chi connectivity index (χ1n) is 6.18. The molecule has 0 aromatic heterocycles. The number of benzene rings is 1. The van der Waals surface area contributed by atoms with E-state index in [1.807, 2.05) is 0 Å². The third-order valence-electron chi connectivity index (χ3n) is 2.72. The molecule has 0 bridgehead atoms. The van der Waals surface area contributed by atoms with Crippen molar-refractivity contribution in [3.63, 3.8) is 0 Å². The number of unbranched alkanes of at least 4 members (excludes halogenated alkanes) is 3. The quantitative estimate of drug-likeness (QED) is 0.286. The van der Waals surface area contributed by atoms with E-state index < -0.39 is 4.92 Å². The summed E-state index contributed by atoms with van der Waals surface area (Å²) in [5, 5.41) is 14.1. The lowest BCUT2D eigenvalue weighted by atomic mass is 10.2. The number of anilines is 2. The lowest BCUT2D eigenvalue weighted by molar-refractivity contribution is -0.383. The van der Waals surface area contributed by atoms with Gasteiger partial charge in [0.2, 0.25) is 0 Å². The monoisotopic (exact) mass is 252 g/mol. The van der Waals surface area contributed by atoms with Crippen molar-refractivity contribution in [3.8, 4) is 0 Å². The van der Waals surface area contributed by atoms with Gasteiger partial charge in [0, 0.05) is 6.54 Å². The Labute approximate surface area is 107 Å². The van der Waals surface area contributed by atoms with Crippen LogP contribution in [0.3, 0.4) is 0 Å². The second-order valence-corrected chi connectivity index (χ2v) is 4.09. The van der Waals surface area contributed by atoms with E-state index in [4.69, 9.17) is 5.84 Å². The Morgan fingerprint density at radius 1 is 1.28 bits per heavy atom. The zero-order valence-electron chi connectivity index (χ0n) is 10.6. The Hall–Kier alpha value is -1.82. The minimum absolute atomic E-state index is 0.00417. The van der Waals surface area contributed by atoms with Gasteiger partial charge in [-0.15, -0.1) is 0 Å². The first-order chi connectivity index (χ1) is 8.70. The molecule has 0 aliphatic heterocycles. The van der Waals surface area contributed by atoms with Gasteiger partial charge in [-0.3, -0.25) is 16.0 Å². The minimum Gasteiger partial charge on any atom is -0.379 e. The van der Waals surface area contributed by atoms with Crippen molar-refractivity contribution in [1.82, 2.24) is 0 Å². The molecule has 4 N–H and O–H groups in total. The van der Waals surface area contributed by atoms with Gasteiger partial charge >= 0.3 is 5.69 Å². The average molecular weight is 252 g/mol. The normalized spacial score (nSPS) is 10.1. The molecule has 0 aliphatic carbocycles. The molecule has 0 atom stereocenters. The third-order valence-corrected chi connectivity index (χ3v) is 2.72. The highest BCUT2D eigenvalue weighted by atomic mass is 16.6. The van der Waals surface area contributed by atoms with Crippen LogP contribution in [0, 0.1) is 10.1 Å². The number of nitro groups is 1. The average Bonchev–Trinajstić information content (AvgIpc) is 2.37. The Morgan fingerprint density at radius 3 is 2.61 bits per heavy atom. The number of hydrazine groups is 1. The van der Waals surface area contributed by atoms with E-state index in [-0.39, 0.29) is 5.69 Å². The highest BCUT2D eigenvalue weighted by molar-refractivity contribution is 5.75. The van der Waals surface area contributed by atoms with Crippen LogP contribution in [0.15, 0.2) is 18.2 Å². The fourth-order valence-corrected chi connectivity index (χ4v) is 1.77. The Balaban J connectivity index is 2.67. The maximum absolute atomic E-state index is 11.0. The minimum atomic E-state index is -0.427. The molecule has 0 unspecified atom stereocenters. The van der Waals surface area contributed by atoms with Gasteiger partial charge in [-0.05, 0) is 18.6 Å². The predicted octanol–water partition coefficient (Wildman–Crippen LogP) is 2.87. The maximum atomic E-state index is 11.0. The van der Waals surface area contributed by atoms with Crippen LogP contribution in [-0.4, -0.2) is 11.5 Å². The van der Waals surface area contributed by atoms with Gasteiger partial charge in [0.1, 0.15) is 11.4 Å². The molecule has 1 rings (SSSR count). The summed E-state index contributed by atoms with van der Waals surface area (Å²) in [6.45, 7) is 2.88. The first-order valence-corrected chi connectivity index (χ1v) is 6.18.